The Balaban J connectivity index is 1.53. The summed E-state index contributed by atoms with van der Waals surface area (Å²) in [7, 11) is -3.88. The first kappa shape index (κ1) is 25.0. The Morgan fingerprint density at radius 2 is 1.77 bits per heavy atom. The first-order valence-corrected chi connectivity index (χ1v) is 13.1. The van der Waals surface area contributed by atoms with Gasteiger partial charge >= 0.3 is 0 Å². The van der Waals surface area contributed by atoms with Crippen LogP contribution in [0.15, 0.2) is 63.9 Å². The third kappa shape index (κ3) is 5.93. The van der Waals surface area contributed by atoms with E-state index in [9.17, 15) is 13.2 Å². The summed E-state index contributed by atoms with van der Waals surface area (Å²) in [6.07, 6.45) is 0. The number of nitrogens with zero attached hydrogens (tertiary/aromatic N) is 1. The molecule has 8 nitrogen and oxygen atoms in total. The predicted molar refractivity (Wildman–Crippen MR) is 134 cm³/mol. The molecule has 1 aliphatic rings. The summed E-state index contributed by atoms with van der Waals surface area (Å²) in [6, 6.07) is 15.5. The molecule has 0 spiro atoms. The highest BCUT2D eigenvalue weighted by Crippen LogP contribution is 2.25. The molecule has 9 heteroatoms. The molecular weight excluding hydrogens is 466 g/mol. The second-order valence-corrected chi connectivity index (χ2v) is 10.4. The summed E-state index contributed by atoms with van der Waals surface area (Å²) in [5, 5.41) is 2.97. The van der Waals surface area contributed by atoms with Gasteiger partial charge in [0.1, 0.15) is 11.5 Å². The van der Waals surface area contributed by atoms with E-state index in [1.165, 1.54) is 0 Å². The van der Waals surface area contributed by atoms with Crippen molar-refractivity contribution in [1.29, 1.82) is 0 Å². The Kier molecular flexibility index (Phi) is 7.59. The second-order valence-electron chi connectivity index (χ2n) is 8.74. The summed E-state index contributed by atoms with van der Waals surface area (Å²) < 4.78 is 40.2. The lowest BCUT2D eigenvalue weighted by atomic mass is 10.1. The van der Waals surface area contributed by atoms with Gasteiger partial charge in [-0.15, -0.1) is 0 Å². The van der Waals surface area contributed by atoms with Gasteiger partial charge in [-0.3, -0.25) is 14.4 Å². The fourth-order valence-electron chi connectivity index (χ4n) is 4.18. The Labute approximate surface area is 206 Å². The van der Waals surface area contributed by atoms with Gasteiger partial charge in [-0.05, 0) is 62.2 Å². The zero-order chi connectivity index (χ0) is 25.0. The molecule has 1 amide bonds. The van der Waals surface area contributed by atoms with Gasteiger partial charge in [-0.1, -0.05) is 24.3 Å². The lowest BCUT2D eigenvalue weighted by Crippen LogP contribution is -2.43. The van der Waals surface area contributed by atoms with Crippen LogP contribution in [0.3, 0.4) is 0 Å². The van der Waals surface area contributed by atoms with Crippen LogP contribution in [0, 0.1) is 20.8 Å². The number of furan rings is 1. The van der Waals surface area contributed by atoms with E-state index in [1.807, 2.05) is 32.0 Å². The molecule has 0 aliphatic carbocycles. The molecule has 4 rings (SSSR count). The van der Waals surface area contributed by atoms with Crippen LogP contribution >= 0.6 is 0 Å². The number of hydrogen-bond acceptors (Lipinski definition) is 6. The molecule has 1 fully saturated rings. The highest BCUT2D eigenvalue weighted by Gasteiger charge is 2.27. The minimum atomic E-state index is -3.88. The van der Waals surface area contributed by atoms with Crippen molar-refractivity contribution < 1.29 is 22.4 Å². The number of carbonyl (C=O) groups is 1. The number of morpholine rings is 1. The number of rotatable bonds is 8. The summed E-state index contributed by atoms with van der Waals surface area (Å²) >= 11 is 0. The van der Waals surface area contributed by atoms with Crippen molar-refractivity contribution in [1.82, 2.24) is 10.2 Å². The standard InChI is InChI=1S/C26H31N3O5S/c1-18-8-9-19(2)25(16-18)35(31,32)28-22-7-5-4-6-21(22)26(30)27-17-23(24-11-10-20(3)34-24)29-12-14-33-15-13-29/h4-11,16,23,28H,12-15,17H2,1-3H3,(H,27,30). The van der Waals surface area contributed by atoms with Crippen molar-refractivity contribution in [2.24, 2.45) is 0 Å². The van der Waals surface area contributed by atoms with Crippen LogP contribution in [0.5, 0.6) is 0 Å². The van der Waals surface area contributed by atoms with E-state index >= 15 is 0 Å². The summed E-state index contributed by atoms with van der Waals surface area (Å²) in [5.41, 5.74) is 1.94. The third-order valence-electron chi connectivity index (χ3n) is 6.08. The van der Waals surface area contributed by atoms with E-state index in [-0.39, 0.29) is 28.1 Å². The topological polar surface area (TPSA) is 101 Å². The number of nitrogens with one attached hydrogen (secondary N) is 2. The minimum absolute atomic E-state index is 0.157. The number of para-hydroxylation sites is 1. The van der Waals surface area contributed by atoms with Crippen molar-refractivity contribution in [3.8, 4) is 0 Å². The Morgan fingerprint density at radius 1 is 1.03 bits per heavy atom. The molecular formula is C26H31N3O5S. The van der Waals surface area contributed by atoms with Crippen molar-refractivity contribution in [2.75, 3.05) is 37.6 Å². The van der Waals surface area contributed by atoms with Crippen molar-refractivity contribution in [3.63, 3.8) is 0 Å². The molecule has 2 aromatic carbocycles. The molecule has 1 unspecified atom stereocenters. The number of carbonyl (C=O) groups excluding carboxylic acids is 1. The van der Waals surface area contributed by atoms with Gasteiger partial charge < -0.3 is 14.5 Å². The van der Waals surface area contributed by atoms with Gasteiger partial charge in [-0.25, -0.2) is 8.42 Å². The summed E-state index contributed by atoms with van der Waals surface area (Å²) in [4.78, 5) is 15.6. The molecule has 1 aliphatic heterocycles. The molecule has 2 heterocycles. The number of aryl methyl sites for hydroxylation is 3. The maximum absolute atomic E-state index is 13.2. The molecule has 0 bridgehead atoms. The van der Waals surface area contributed by atoms with Crippen molar-refractivity contribution >= 4 is 21.6 Å². The fourth-order valence-corrected chi connectivity index (χ4v) is 5.59. The highest BCUT2D eigenvalue weighted by molar-refractivity contribution is 7.92. The SMILES string of the molecule is Cc1ccc(C)c(S(=O)(=O)Nc2ccccc2C(=O)NCC(c2ccc(C)o2)N2CCOCC2)c1. The third-order valence-corrected chi connectivity index (χ3v) is 7.59. The first-order valence-electron chi connectivity index (χ1n) is 11.6. The quantitative estimate of drug-likeness (QED) is 0.491. The van der Waals surface area contributed by atoms with E-state index in [0.717, 1.165) is 30.2 Å². The number of hydrogen-bond donors (Lipinski definition) is 2. The van der Waals surface area contributed by atoms with Gasteiger partial charge in [0.05, 0.1) is 35.4 Å². The number of sulfonamides is 1. The first-order chi connectivity index (χ1) is 16.7. The molecule has 0 radical (unpaired) electrons. The normalized spacial score (nSPS) is 15.5. The van der Waals surface area contributed by atoms with E-state index in [4.69, 9.17) is 9.15 Å². The molecule has 0 saturated carbocycles. The lowest BCUT2D eigenvalue weighted by molar-refractivity contribution is 0.0117. The van der Waals surface area contributed by atoms with Gasteiger partial charge in [0.25, 0.3) is 15.9 Å². The van der Waals surface area contributed by atoms with E-state index < -0.39 is 10.0 Å². The van der Waals surface area contributed by atoms with Gasteiger partial charge in [0.15, 0.2) is 0 Å². The lowest BCUT2D eigenvalue weighted by Gasteiger charge is -2.33. The Hall–Kier alpha value is -3.14. The number of ether oxygens (including phenoxy) is 1. The number of benzene rings is 2. The number of amides is 1. The van der Waals surface area contributed by atoms with Crippen LogP contribution in [-0.4, -0.2) is 52.1 Å². The van der Waals surface area contributed by atoms with Gasteiger partial charge in [0.2, 0.25) is 0 Å². The Morgan fingerprint density at radius 3 is 2.49 bits per heavy atom. The maximum atomic E-state index is 13.2. The van der Waals surface area contributed by atoms with Gasteiger partial charge in [-0.2, -0.15) is 0 Å². The smallest absolute Gasteiger partial charge is 0.262 e. The van der Waals surface area contributed by atoms with Crippen molar-refractivity contribution in [2.45, 2.75) is 31.7 Å². The average molecular weight is 498 g/mol. The van der Waals surface area contributed by atoms with Gasteiger partial charge in [0, 0.05) is 19.6 Å². The maximum Gasteiger partial charge on any atom is 0.262 e. The van der Waals surface area contributed by atoms with Crippen molar-refractivity contribution in [3.05, 3.63) is 82.8 Å². The van der Waals surface area contributed by atoms with Crippen LogP contribution in [0.4, 0.5) is 5.69 Å². The predicted octanol–water partition coefficient (Wildman–Crippen LogP) is 3.81. The fraction of sp³-hybridized carbons (Fsp3) is 0.346. The van der Waals surface area contributed by atoms with Crippen LogP contribution in [-0.2, 0) is 14.8 Å². The van der Waals surface area contributed by atoms with E-state index in [1.54, 1.807) is 43.3 Å². The Bertz CT molecular complexity index is 1300. The average Bonchev–Trinajstić information content (AvgIpc) is 3.27. The van der Waals surface area contributed by atoms with E-state index in [0.29, 0.717) is 25.3 Å². The minimum Gasteiger partial charge on any atom is -0.465 e. The molecule has 186 valence electrons. The molecule has 2 N–H and O–H groups in total. The molecule has 35 heavy (non-hydrogen) atoms. The summed E-state index contributed by atoms with van der Waals surface area (Å²) in [6.45, 7) is 8.47. The second kappa shape index (κ2) is 10.6. The molecule has 1 saturated heterocycles. The number of anilines is 1. The monoisotopic (exact) mass is 497 g/mol. The molecule has 3 aromatic rings. The van der Waals surface area contributed by atoms with Crippen LogP contribution in [0.1, 0.15) is 39.0 Å². The largest absolute Gasteiger partial charge is 0.465 e. The van der Waals surface area contributed by atoms with Crippen LogP contribution < -0.4 is 10.0 Å². The molecule has 1 aromatic heterocycles. The van der Waals surface area contributed by atoms with E-state index in [2.05, 4.69) is 14.9 Å². The van der Waals surface area contributed by atoms with Crippen LogP contribution in [0.25, 0.3) is 0 Å². The zero-order valence-electron chi connectivity index (χ0n) is 20.2. The molecule has 1 atom stereocenters. The summed E-state index contributed by atoms with van der Waals surface area (Å²) in [5.74, 6) is 1.20. The highest BCUT2D eigenvalue weighted by atomic mass is 32.2. The zero-order valence-corrected chi connectivity index (χ0v) is 21.0. The van der Waals surface area contributed by atoms with Crippen LogP contribution in [0.2, 0.25) is 0 Å².